The van der Waals surface area contributed by atoms with Gasteiger partial charge in [0.05, 0.1) is 0 Å². The number of aliphatic carboxylic acids is 1. The number of aryl methyl sites for hydroxylation is 1. The highest BCUT2D eigenvalue weighted by Gasteiger charge is 2.28. The van der Waals surface area contributed by atoms with Crippen LogP contribution in [0.5, 0.6) is 0 Å². The number of rotatable bonds is 11. The number of hydrogen-bond donors (Lipinski definition) is 2. The van der Waals surface area contributed by atoms with Crippen LogP contribution in [0.15, 0.2) is 66.7 Å². The van der Waals surface area contributed by atoms with E-state index >= 15 is 0 Å². The van der Waals surface area contributed by atoms with E-state index in [1.165, 1.54) is 61.6 Å². The molecule has 0 radical (unpaired) electrons. The molecular weight excluding hydrogens is 567 g/mol. The fraction of sp³-hybridized carbons (Fsp3) is 0.605. The van der Waals surface area contributed by atoms with Gasteiger partial charge in [-0.1, -0.05) is 120 Å². The Kier molecular flexibility index (Phi) is 15.6. The molecule has 43 heavy (non-hydrogen) atoms. The molecular formula is C38H55NO2S2. The highest BCUT2D eigenvalue weighted by atomic mass is 33.1. The van der Waals surface area contributed by atoms with E-state index < -0.39 is 5.97 Å². The number of allylic oxidation sites excluding steroid dienone is 2. The summed E-state index contributed by atoms with van der Waals surface area (Å²) >= 11 is 0. The van der Waals surface area contributed by atoms with Crippen molar-refractivity contribution in [1.82, 2.24) is 0 Å². The molecule has 0 saturated heterocycles. The van der Waals surface area contributed by atoms with Gasteiger partial charge in [-0.2, -0.15) is 0 Å². The highest BCUT2D eigenvalue weighted by Crippen LogP contribution is 2.39. The molecule has 0 amide bonds. The van der Waals surface area contributed by atoms with E-state index in [-0.39, 0.29) is 12.3 Å². The van der Waals surface area contributed by atoms with Crippen LogP contribution in [0, 0.1) is 29.6 Å². The Labute approximate surface area is 269 Å². The first kappa shape index (κ1) is 34.2. The monoisotopic (exact) mass is 621 g/mol. The van der Waals surface area contributed by atoms with Crippen LogP contribution < -0.4 is 5.73 Å². The normalized spacial score (nSPS) is 24.8. The third-order valence-corrected chi connectivity index (χ3v) is 12.5. The van der Waals surface area contributed by atoms with Crippen LogP contribution in [0.1, 0.15) is 100 Å². The standard InChI is InChI=1S/C38H55NO2S2/c39-25-24-34-21-20-33(17-9-3-6-14-30-12-4-1-5-13-30)37(26-31-15-7-2-8-16-31)29-43-42-28-36-19-11-10-18-32(36)22-23-35(34)27-38(40)41/h2-3,7-11,15-16,18-19,30,33-35,37H,1,4-6,12-14,17,20-29,39H2,(H,40,41)/t33-,34+,35-,37+/m1/s1. The molecule has 0 spiro atoms. The van der Waals surface area contributed by atoms with Gasteiger partial charge < -0.3 is 10.8 Å². The van der Waals surface area contributed by atoms with Gasteiger partial charge >= 0.3 is 5.97 Å². The van der Waals surface area contributed by atoms with Gasteiger partial charge in [0.25, 0.3) is 0 Å². The Hall–Kier alpha value is -1.69. The fourth-order valence-corrected chi connectivity index (χ4v) is 10.1. The quantitative estimate of drug-likeness (QED) is 0.193. The maximum absolute atomic E-state index is 12.0. The Morgan fingerprint density at radius 2 is 1.53 bits per heavy atom. The average molecular weight is 622 g/mol. The van der Waals surface area contributed by atoms with Crippen molar-refractivity contribution in [3.63, 3.8) is 0 Å². The molecule has 0 aromatic heterocycles. The first-order chi connectivity index (χ1) is 21.1. The summed E-state index contributed by atoms with van der Waals surface area (Å²) < 4.78 is 0. The minimum Gasteiger partial charge on any atom is -0.481 e. The van der Waals surface area contributed by atoms with Crippen molar-refractivity contribution in [1.29, 1.82) is 0 Å². The molecule has 3 nitrogen and oxygen atoms in total. The van der Waals surface area contributed by atoms with Crippen molar-refractivity contribution in [2.75, 3.05) is 12.3 Å². The van der Waals surface area contributed by atoms with E-state index in [2.05, 4.69) is 77.5 Å². The maximum Gasteiger partial charge on any atom is 0.303 e. The average Bonchev–Trinajstić information content (AvgIpc) is 3.02. The van der Waals surface area contributed by atoms with E-state index in [1.807, 2.05) is 10.8 Å². The Morgan fingerprint density at radius 3 is 2.30 bits per heavy atom. The lowest BCUT2D eigenvalue weighted by molar-refractivity contribution is -0.138. The number of benzene rings is 2. The summed E-state index contributed by atoms with van der Waals surface area (Å²) in [6.45, 7) is 0.628. The summed E-state index contributed by atoms with van der Waals surface area (Å²) in [5.41, 5.74) is 10.4. The van der Waals surface area contributed by atoms with Gasteiger partial charge in [0.15, 0.2) is 0 Å². The lowest BCUT2D eigenvalue weighted by Crippen LogP contribution is -2.25. The second kappa shape index (κ2) is 19.6. The summed E-state index contributed by atoms with van der Waals surface area (Å²) in [6.07, 6.45) is 22.1. The molecule has 0 unspecified atom stereocenters. The van der Waals surface area contributed by atoms with Gasteiger partial charge in [0, 0.05) is 17.9 Å². The largest absolute Gasteiger partial charge is 0.481 e. The predicted molar refractivity (Wildman–Crippen MR) is 187 cm³/mol. The number of nitrogens with two attached hydrogens (primary N) is 1. The van der Waals surface area contributed by atoms with Crippen LogP contribution in [0.2, 0.25) is 0 Å². The molecule has 1 aliphatic carbocycles. The smallest absolute Gasteiger partial charge is 0.303 e. The van der Waals surface area contributed by atoms with Crippen LogP contribution in [-0.4, -0.2) is 23.4 Å². The summed E-state index contributed by atoms with van der Waals surface area (Å²) in [5, 5.41) is 9.89. The van der Waals surface area contributed by atoms with E-state index in [0.717, 1.165) is 62.4 Å². The molecule has 3 N–H and O–H groups in total. The summed E-state index contributed by atoms with van der Waals surface area (Å²) in [5.74, 6) is 4.08. The Bertz CT molecular complexity index is 1080. The van der Waals surface area contributed by atoms with Crippen LogP contribution >= 0.6 is 21.6 Å². The molecule has 2 aliphatic rings. The summed E-state index contributed by atoms with van der Waals surface area (Å²) in [7, 11) is 4.05. The lowest BCUT2D eigenvalue weighted by Gasteiger charge is -2.31. The molecule has 5 heteroatoms. The predicted octanol–water partition coefficient (Wildman–Crippen LogP) is 10.1. The minimum absolute atomic E-state index is 0.165. The first-order valence-corrected chi connectivity index (χ1v) is 19.5. The third-order valence-electron chi connectivity index (χ3n) is 10.1. The van der Waals surface area contributed by atoms with Gasteiger partial charge in [-0.15, -0.1) is 0 Å². The van der Waals surface area contributed by atoms with Crippen LogP contribution in [0.3, 0.4) is 0 Å². The highest BCUT2D eigenvalue weighted by molar-refractivity contribution is 8.76. The summed E-state index contributed by atoms with van der Waals surface area (Å²) in [4.78, 5) is 12.0. The van der Waals surface area contributed by atoms with Crippen molar-refractivity contribution in [2.24, 2.45) is 35.3 Å². The first-order valence-electron chi connectivity index (χ1n) is 17.0. The molecule has 1 saturated carbocycles. The molecule has 4 atom stereocenters. The molecule has 0 bridgehead atoms. The van der Waals surface area contributed by atoms with Crippen molar-refractivity contribution >= 4 is 27.6 Å². The van der Waals surface area contributed by atoms with Gasteiger partial charge in [0.2, 0.25) is 0 Å². The van der Waals surface area contributed by atoms with E-state index in [9.17, 15) is 9.90 Å². The van der Waals surface area contributed by atoms with Gasteiger partial charge in [-0.3, -0.25) is 4.79 Å². The van der Waals surface area contributed by atoms with E-state index in [1.54, 1.807) is 0 Å². The van der Waals surface area contributed by atoms with Crippen molar-refractivity contribution in [2.45, 2.75) is 102 Å². The number of hydrogen-bond acceptors (Lipinski definition) is 4. The number of fused-ring (bicyclic) bond motifs is 1. The van der Waals surface area contributed by atoms with Crippen LogP contribution in [0.4, 0.5) is 0 Å². The second-order valence-electron chi connectivity index (χ2n) is 13.1. The zero-order valence-corrected chi connectivity index (χ0v) is 27.8. The second-order valence-corrected chi connectivity index (χ2v) is 15.6. The van der Waals surface area contributed by atoms with Gasteiger partial charge in [0.1, 0.15) is 0 Å². The van der Waals surface area contributed by atoms with Crippen molar-refractivity contribution < 1.29 is 9.90 Å². The van der Waals surface area contributed by atoms with Gasteiger partial charge in [-0.05, 0) is 111 Å². The molecule has 4 rings (SSSR count). The molecule has 1 heterocycles. The van der Waals surface area contributed by atoms with Crippen LogP contribution in [0.25, 0.3) is 0 Å². The summed E-state index contributed by atoms with van der Waals surface area (Å²) in [6, 6.07) is 19.8. The van der Waals surface area contributed by atoms with Gasteiger partial charge in [-0.25, -0.2) is 0 Å². The zero-order chi connectivity index (χ0) is 30.1. The number of carboxylic acid groups (broad SMARTS) is 1. The molecule has 236 valence electrons. The molecule has 1 aliphatic heterocycles. The molecule has 1 fully saturated rings. The number of carboxylic acids is 1. The fourth-order valence-electron chi connectivity index (χ4n) is 7.53. The number of carbonyl (C=O) groups is 1. The third kappa shape index (κ3) is 12.3. The molecule has 2 aromatic carbocycles. The van der Waals surface area contributed by atoms with E-state index in [0.29, 0.717) is 24.3 Å². The van der Waals surface area contributed by atoms with Crippen molar-refractivity contribution in [3.05, 3.63) is 83.4 Å². The minimum atomic E-state index is -0.673. The molecule has 2 aromatic rings. The lowest BCUT2D eigenvalue weighted by atomic mass is 9.75. The SMILES string of the molecule is NCC[C@@H]1CC[C@@H](CC=CCCC2CCCCC2)[C@@H](Cc2ccccc2)CSSCc2ccccc2CC[C@@H]1CC(=O)O. The van der Waals surface area contributed by atoms with Crippen LogP contribution in [-0.2, 0) is 23.4 Å². The van der Waals surface area contributed by atoms with E-state index in [4.69, 9.17) is 5.73 Å². The maximum atomic E-state index is 12.0. The zero-order valence-electron chi connectivity index (χ0n) is 26.2. The Morgan fingerprint density at radius 1 is 0.791 bits per heavy atom. The Balaban J connectivity index is 1.54. The van der Waals surface area contributed by atoms with Crippen molar-refractivity contribution in [3.8, 4) is 0 Å². The topological polar surface area (TPSA) is 63.3 Å².